The van der Waals surface area contributed by atoms with Crippen LogP contribution in [-0.4, -0.2) is 11.0 Å². The first-order valence-electron chi connectivity index (χ1n) is 6.55. The van der Waals surface area contributed by atoms with Gasteiger partial charge in [0.05, 0.1) is 12.7 Å². The summed E-state index contributed by atoms with van der Waals surface area (Å²) in [5, 5.41) is 6.80. The fourth-order valence-electron chi connectivity index (χ4n) is 2.20. The van der Waals surface area contributed by atoms with Crippen molar-refractivity contribution in [3.63, 3.8) is 0 Å². The lowest BCUT2D eigenvalue weighted by Gasteiger charge is -1.97. The van der Waals surface area contributed by atoms with Gasteiger partial charge in [0.25, 0.3) is 0 Å². The number of hydrogen-bond acceptors (Lipinski definition) is 4. The Morgan fingerprint density at radius 2 is 2.21 bits per heavy atom. The van der Waals surface area contributed by atoms with Crippen LogP contribution >= 0.6 is 11.3 Å². The second-order valence-corrected chi connectivity index (χ2v) is 5.83. The Labute approximate surface area is 115 Å². The van der Waals surface area contributed by atoms with E-state index in [1.807, 2.05) is 6.20 Å². The molecule has 19 heavy (non-hydrogen) atoms. The van der Waals surface area contributed by atoms with Crippen molar-refractivity contribution in [1.29, 1.82) is 0 Å². The molecule has 1 N–H and O–H groups in total. The standard InChI is InChI=1S/C15H14N2OS/c1-2-4-14-11(3-1)12(9-19-14)13-7-17-15(18-13)8-16-10-5-6-10/h1-4,7,9-10,16H,5-6,8H2. The van der Waals surface area contributed by atoms with Crippen LogP contribution < -0.4 is 5.32 Å². The highest BCUT2D eigenvalue weighted by atomic mass is 32.1. The minimum atomic E-state index is 0.678. The molecule has 1 aliphatic carbocycles. The summed E-state index contributed by atoms with van der Waals surface area (Å²) in [6.45, 7) is 0.729. The average Bonchev–Trinajstić information content (AvgIpc) is 3.00. The maximum absolute atomic E-state index is 5.85. The smallest absolute Gasteiger partial charge is 0.208 e. The summed E-state index contributed by atoms with van der Waals surface area (Å²) in [6, 6.07) is 9.07. The van der Waals surface area contributed by atoms with Crippen LogP contribution in [0.1, 0.15) is 18.7 Å². The van der Waals surface area contributed by atoms with E-state index >= 15 is 0 Å². The van der Waals surface area contributed by atoms with Crippen molar-refractivity contribution in [3.05, 3.63) is 41.7 Å². The lowest BCUT2D eigenvalue weighted by molar-refractivity contribution is 0.477. The monoisotopic (exact) mass is 270 g/mol. The normalized spacial score (nSPS) is 15.2. The fourth-order valence-corrected chi connectivity index (χ4v) is 3.15. The molecule has 1 aliphatic rings. The molecular weight excluding hydrogens is 256 g/mol. The largest absolute Gasteiger partial charge is 0.439 e. The van der Waals surface area contributed by atoms with Crippen LogP contribution in [0.5, 0.6) is 0 Å². The van der Waals surface area contributed by atoms with Gasteiger partial charge in [-0.1, -0.05) is 18.2 Å². The Balaban J connectivity index is 1.64. The van der Waals surface area contributed by atoms with E-state index in [-0.39, 0.29) is 0 Å². The van der Waals surface area contributed by atoms with Crippen LogP contribution in [0.2, 0.25) is 0 Å². The number of nitrogens with zero attached hydrogens (tertiary/aromatic N) is 1. The number of hydrogen-bond donors (Lipinski definition) is 1. The highest BCUT2D eigenvalue weighted by Gasteiger charge is 2.21. The van der Waals surface area contributed by atoms with Crippen molar-refractivity contribution in [1.82, 2.24) is 10.3 Å². The van der Waals surface area contributed by atoms with E-state index in [0.29, 0.717) is 6.04 Å². The molecule has 4 rings (SSSR count). The number of nitrogens with one attached hydrogen (secondary N) is 1. The number of rotatable bonds is 4. The third kappa shape index (κ3) is 2.17. The molecule has 4 heteroatoms. The molecule has 0 spiro atoms. The zero-order valence-electron chi connectivity index (χ0n) is 10.4. The van der Waals surface area contributed by atoms with Crippen LogP contribution in [0.15, 0.2) is 40.3 Å². The minimum absolute atomic E-state index is 0.678. The molecule has 0 unspecified atom stereocenters. The maximum atomic E-state index is 5.85. The summed E-state index contributed by atoms with van der Waals surface area (Å²) in [4.78, 5) is 4.35. The SMILES string of the molecule is c1ccc2c(-c3cnc(CNC4CC4)o3)csc2c1. The molecule has 0 radical (unpaired) electrons. The van der Waals surface area contributed by atoms with Crippen molar-refractivity contribution >= 4 is 21.4 Å². The summed E-state index contributed by atoms with van der Waals surface area (Å²) in [5.74, 6) is 1.64. The summed E-state index contributed by atoms with van der Waals surface area (Å²) in [5.41, 5.74) is 1.14. The molecular formula is C15H14N2OS. The minimum Gasteiger partial charge on any atom is -0.439 e. The Morgan fingerprint density at radius 1 is 1.32 bits per heavy atom. The molecule has 0 atom stereocenters. The van der Waals surface area contributed by atoms with Crippen molar-refractivity contribution in [3.8, 4) is 11.3 Å². The van der Waals surface area contributed by atoms with E-state index in [0.717, 1.165) is 23.8 Å². The number of benzene rings is 1. The molecule has 96 valence electrons. The molecule has 2 heterocycles. The zero-order chi connectivity index (χ0) is 12.7. The first kappa shape index (κ1) is 11.2. The highest BCUT2D eigenvalue weighted by Crippen LogP contribution is 2.34. The number of thiophene rings is 1. The Morgan fingerprint density at radius 3 is 3.11 bits per heavy atom. The van der Waals surface area contributed by atoms with E-state index in [4.69, 9.17) is 4.42 Å². The maximum Gasteiger partial charge on any atom is 0.208 e. The van der Waals surface area contributed by atoms with Crippen molar-refractivity contribution in [2.45, 2.75) is 25.4 Å². The highest BCUT2D eigenvalue weighted by molar-refractivity contribution is 7.17. The third-order valence-corrected chi connectivity index (χ3v) is 4.38. The average molecular weight is 270 g/mol. The molecule has 2 aromatic heterocycles. The van der Waals surface area contributed by atoms with Gasteiger partial charge in [0.1, 0.15) is 0 Å². The van der Waals surface area contributed by atoms with Crippen molar-refractivity contribution in [2.24, 2.45) is 0 Å². The van der Waals surface area contributed by atoms with Gasteiger partial charge in [-0.05, 0) is 18.9 Å². The van der Waals surface area contributed by atoms with Gasteiger partial charge in [-0.15, -0.1) is 11.3 Å². The Kier molecular flexibility index (Phi) is 2.64. The van der Waals surface area contributed by atoms with E-state index in [1.54, 1.807) is 11.3 Å². The molecule has 3 nitrogen and oxygen atoms in total. The summed E-state index contributed by atoms with van der Waals surface area (Å²) < 4.78 is 7.13. The second kappa shape index (κ2) is 4.47. The topological polar surface area (TPSA) is 38.1 Å². The van der Waals surface area contributed by atoms with E-state index in [1.165, 1.54) is 22.9 Å². The predicted octanol–water partition coefficient (Wildman–Crippen LogP) is 3.81. The van der Waals surface area contributed by atoms with Gasteiger partial charge in [-0.2, -0.15) is 0 Å². The molecule has 0 saturated heterocycles. The van der Waals surface area contributed by atoms with Gasteiger partial charge in [0, 0.05) is 27.1 Å². The fraction of sp³-hybridized carbons (Fsp3) is 0.267. The quantitative estimate of drug-likeness (QED) is 0.783. The lowest BCUT2D eigenvalue weighted by atomic mass is 10.1. The first-order valence-corrected chi connectivity index (χ1v) is 7.43. The van der Waals surface area contributed by atoms with Gasteiger partial charge in [-0.25, -0.2) is 4.98 Å². The van der Waals surface area contributed by atoms with Crippen LogP contribution in [0.25, 0.3) is 21.4 Å². The molecule has 1 saturated carbocycles. The van der Waals surface area contributed by atoms with Crippen molar-refractivity contribution < 1.29 is 4.42 Å². The van der Waals surface area contributed by atoms with E-state index < -0.39 is 0 Å². The molecule has 0 aliphatic heterocycles. The molecule has 0 bridgehead atoms. The molecule has 1 fully saturated rings. The van der Waals surface area contributed by atoms with Gasteiger partial charge >= 0.3 is 0 Å². The summed E-state index contributed by atoms with van der Waals surface area (Å²) >= 11 is 1.74. The zero-order valence-corrected chi connectivity index (χ0v) is 11.2. The van der Waals surface area contributed by atoms with Gasteiger partial charge < -0.3 is 9.73 Å². The van der Waals surface area contributed by atoms with Gasteiger partial charge in [-0.3, -0.25) is 0 Å². The van der Waals surface area contributed by atoms with Crippen LogP contribution in [0, 0.1) is 0 Å². The van der Waals surface area contributed by atoms with E-state index in [9.17, 15) is 0 Å². The van der Waals surface area contributed by atoms with Crippen LogP contribution in [0.4, 0.5) is 0 Å². The molecule has 0 amide bonds. The number of fused-ring (bicyclic) bond motifs is 1. The van der Waals surface area contributed by atoms with Crippen LogP contribution in [0.3, 0.4) is 0 Å². The van der Waals surface area contributed by atoms with Crippen molar-refractivity contribution in [2.75, 3.05) is 0 Å². The van der Waals surface area contributed by atoms with Crippen LogP contribution in [-0.2, 0) is 6.54 Å². The molecule has 1 aromatic carbocycles. The first-order chi connectivity index (χ1) is 9.40. The van der Waals surface area contributed by atoms with Gasteiger partial charge in [0.2, 0.25) is 5.89 Å². The van der Waals surface area contributed by atoms with E-state index in [2.05, 4.69) is 39.9 Å². The lowest BCUT2D eigenvalue weighted by Crippen LogP contribution is -2.15. The Hall–Kier alpha value is -1.65. The number of aromatic nitrogens is 1. The van der Waals surface area contributed by atoms with Gasteiger partial charge in [0.15, 0.2) is 5.76 Å². The summed E-state index contributed by atoms with van der Waals surface area (Å²) in [6.07, 6.45) is 4.39. The Bertz CT molecular complexity index is 712. The predicted molar refractivity (Wildman–Crippen MR) is 77.2 cm³/mol. The third-order valence-electron chi connectivity index (χ3n) is 3.42. The number of oxazole rings is 1. The molecule has 3 aromatic rings. The second-order valence-electron chi connectivity index (χ2n) is 4.92. The summed E-state index contributed by atoms with van der Waals surface area (Å²) in [7, 11) is 0.